The van der Waals surface area contributed by atoms with Crippen LogP contribution in [0.15, 0.2) is 24.4 Å². The fraction of sp³-hybridized carbons (Fsp3) is 0.579. The number of aryl methyl sites for hydroxylation is 1. The maximum Gasteiger partial charge on any atom is 0.224 e. The first kappa shape index (κ1) is 16.9. The predicted molar refractivity (Wildman–Crippen MR) is 99.7 cm³/mol. The van der Waals surface area contributed by atoms with Crippen LogP contribution in [0.5, 0.6) is 0 Å². The summed E-state index contributed by atoms with van der Waals surface area (Å²) in [6.07, 6.45) is 6.14. The van der Waals surface area contributed by atoms with Gasteiger partial charge < -0.3 is 9.80 Å². The van der Waals surface area contributed by atoms with Gasteiger partial charge >= 0.3 is 0 Å². The van der Waals surface area contributed by atoms with Gasteiger partial charge in [-0.3, -0.25) is 9.48 Å². The second kappa shape index (κ2) is 7.34. The van der Waals surface area contributed by atoms with Gasteiger partial charge in [0.25, 0.3) is 0 Å². The zero-order valence-corrected chi connectivity index (χ0v) is 15.3. The molecule has 2 aromatic rings. The number of benzene rings is 1. The van der Waals surface area contributed by atoms with Crippen molar-refractivity contribution in [3.63, 3.8) is 0 Å². The number of fused-ring (bicyclic) bond motifs is 1. The van der Waals surface area contributed by atoms with Crippen LogP contribution in [0.1, 0.15) is 25.7 Å². The van der Waals surface area contributed by atoms with Gasteiger partial charge in [-0.15, -0.1) is 0 Å². The number of halogens is 1. The number of amides is 1. The van der Waals surface area contributed by atoms with E-state index in [4.69, 9.17) is 11.6 Å². The quantitative estimate of drug-likeness (QED) is 0.823. The average molecular weight is 361 g/mol. The predicted octanol–water partition coefficient (Wildman–Crippen LogP) is 3.02. The fourth-order valence-corrected chi connectivity index (χ4v) is 3.89. The Kier molecular flexibility index (Phi) is 4.95. The topological polar surface area (TPSA) is 41.4 Å². The second-order valence-electron chi connectivity index (χ2n) is 7.27. The standard InChI is InChI=1S/C19H25ClN4O/c20-17-3-1-4-18-16(17)13-21-24(18)10-7-19(25)23-9-2-8-22(11-12-23)14-15-5-6-15/h1,3-4,13,15H,2,5-12,14H2. The lowest BCUT2D eigenvalue weighted by molar-refractivity contribution is -0.131. The molecule has 0 radical (unpaired) electrons. The summed E-state index contributed by atoms with van der Waals surface area (Å²) in [4.78, 5) is 17.2. The lowest BCUT2D eigenvalue weighted by Gasteiger charge is -2.22. The van der Waals surface area contributed by atoms with Crippen LogP contribution in [0.25, 0.3) is 10.9 Å². The minimum Gasteiger partial charge on any atom is -0.341 e. The van der Waals surface area contributed by atoms with E-state index in [-0.39, 0.29) is 5.91 Å². The molecule has 0 unspecified atom stereocenters. The molecule has 134 valence electrons. The van der Waals surface area contributed by atoms with Crippen molar-refractivity contribution in [3.05, 3.63) is 29.4 Å². The number of carbonyl (C=O) groups is 1. The maximum atomic E-state index is 12.6. The van der Waals surface area contributed by atoms with Crippen molar-refractivity contribution >= 4 is 28.4 Å². The first-order valence-corrected chi connectivity index (χ1v) is 9.68. The van der Waals surface area contributed by atoms with Gasteiger partial charge in [-0.1, -0.05) is 17.7 Å². The Morgan fingerprint density at radius 2 is 2.08 bits per heavy atom. The van der Waals surface area contributed by atoms with E-state index in [1.807, 2.05) is 27.8 Å². The summed E-state index contributed by atoms with van der Waals surface area (Å²) in [5.41, 5.74) is 0.992. The van der Waals surface area contributed by atoms with E-state index in [9.17, 15) is 4.79 Å². The maximum absolute atomic E-state index is 12.6. The molecule has 0 spiro atoms. The average Bonchev–Trinajstić information content (AvgIpc) is 3.37. The Bertz CT molecular complexity index is 755. The molecule has 0 bridgehead atoms. The van der Waals surface area contributed by atoms with Gasteiger partial charge in [0.15, 0.2) is 0 Å². The smallest absolute Gasteiger partial charge is 0.224 e. The van der Waals surface area contributed by atoms with Gasteiger partial charge in [-0.25, -0.2) is 0 Å². The molecule has 1 saturated heterocycles. The van der Waals surface area contributed by atoms with Gasteiger partial charge in [0, 0.05) is 38.0 Å². The van der Waals surface area contributed by atoms with Crippen LogP contribution < -0.4 is 0 Å². The third-order valence-electron chi connectivity index (χ3n) is 5.33. The van der Waals surface area contributed by atoms with Crippen molar-refractivity contribution in [1.29, 1.82) is 0 Å². The van der Waals surface area contributed by atoms with E-state index < -0.39 is 0 Å². The first-order valence-electron chi connectivity index (χ1n) is 9.31. The molecule has 1 amide bonds. The number of carbonyl (C=O) groups excluding carboxylic acids is 1. The third kappa shape index (κ3) is 3.98. The molecule has 1 aromatic carbocycles. The second-order valence-corrected chi connectivity index (χ2v) is 7.68. The zero-order chi connectivity index (χ0) is 17.2. The van der Waals surface area contributed by atoms with Crippen molar-refractivity contribution in [3.8, 4) is 0 Å². The molecule has 5 nitrogen and oxygen atoms in total. The minimum absolute atomic E-state index is 0.235. The van der Waals surface area contributed by atoms with Gasteiger partial charge in [0.05, 0.1) is 23.3 Å². The molecule has 2 aliphatic rings. The Labute approximate surface area is 153 Å². The highest BCUT2D eigenvalue weighted by Gasteiger charge is 2.26. The molecule has 1 aromatic heterocycles. The fourth-order valence-electron chi connectivity index (χ4n) is 3.67. The number of aromatic nitrogens is 2. The van der Waals surface area contributed by atoms with Crippen molar-refractivity contribution in [2.24, 2.45) is 5.92 Å². The molecule has 1 aliphatic heterocycles. The summed E-state index contributed by atoms with van der Waals surface area (Å²) >= 11 is 6.19. The van der Waals surface area contributed by atoms with Crippen molar-refractivity contribution in [2.75, 3.05) is 32.7 Å². The number of rotatable bonds is 5. The van der Waals surface area contributed by atoms with Gasteiger partial charge in [-0.05, 0) is 43.9 Å². The Morgan fingerprint density at radius 3 is 2.92 bits per heavy atom. The Hall–Kier alpha value is -1.59. The van der Waals surface area contributed by atoms with Crippen LogP contribution in [0.3, 0.4) is 0 Å². The highest BCUT2D eigenvalue weighted by atomic mass is 35.5. The lowest BCUT2D eigenvalue weighted by atomic mass is 10.2. The molecular formula is C19H25ClN4O. The molecule has 2 fully saturated rings. The largest absolute Gasteiger partial charge is 0.341 e. The summed E-state index contributed by atoms with van der Waals surface area (Å²) in [6.45, 7) is 5.71. The molecular weight excluding hydrogens is 336 g/mol. The van der Waals surface area contributed by atoms with Crippen molar-refractivity contribution in [1.82, 2.24) is 19.6 Å². The summed E-state index contributed by atoms with van der Waals surface area (Å²) < 4.78 is 1.89. The van der Waals surface area contributed by atoms with Crippen LogP contribution in [-0.2, 0) is 11.3 Å². The Balaban J connectivity index is 1.32. The SMILES string of the molecule is O=C(CCn1ncc2c(Cl)cccc21)N1CCCN(CC2CC2)CC1. The summed E-state index contributed by atoms with van der Waals surface area (Å²) in [5.74, 6) is 1.15. The van der Waals surface area contributed by atoms with E-state index in [1.54, 1.807) is 6.20 Å². The number of nitrogens with zero attached hydrogens (tertiary/aromatic N) is 4. The van der Waals surface area contributed by atoms with Gasteiger partial charge in [0.2, 0.25) is 5.91 Å². The molecule has 4 rings (SSSR count). The highest BCUT2D eigenvalue weighted by Crippen LogP contribution is 2.30. The molecule has 0 atom stereocenters. The lowest BCUT2D eigenvalue weighted by Crippen LogP contribution is -2.36. The third-order valence-corrected chi connectivity index (χ3v) is 5.66. The number of hydrogen-bond donors (Lipinski definition) is 0. The monoisotopic (exact) mass is 360 g/mol. The van der Waals surface area contributed by atoms with Crippen LogP contribution >= 0.6 is 11.6 Å². The van der Waals surface area contributed by atoms with Crippen molar-refractivity contribution < 1.29 is 4.79 Å². The number of hydrogen-bond acceptors (Lipinski definition) is 3. The van der Waals surface area contributed by atoms with Crippen LogP contribution in [0, 0.1) is 5.92 Å². The summed E-state index contributed by atoms with van der Waals surface area (Å²) in [7, 11) is 0. The first-order chi connectivity index (χ1) is 12.2. The van der Waals surface area contributed by atoms with Crippen LogP contribution in [0.4, 0.5) is 0 Å². The minimum atomic E-state index is 0.235. The van der Waals surface area contributed by atoms with E-state index >= 15 is 0 Å². The molecule has 0 N–H and O–H groups in total. The molecule has 6 heteroatoms. The van der Waals surface area contributed by atoms with E-state index in [0.717, 1.165) is 49.4 Å². The molecule has 1 aliphatic carbocycles. The molecule has 25 heavy (non-hydrogen) atoms. The normalized spacial score (nSPS) is 19.3. The summed E-state index contributed by atoms with van der Waals surface area (Å²) in [5, 5.41) is 6.05. The van der Waals surface area contributed by atoms with E-state index in [1.165, 1.54) is 19.4 Å². The van der Waals surface area contributed by atoms with Gasteiger partial charge in [-0.2, -0.15) is 5.10 Å². The van der Waals surface area contributed by atoms with Crippen LogP contribution in [-0.4, -0.2) is 58.2 Å². The highest BCUT2D eigenvalue weighted by molar-refractivity contribution is 6.35. The van der Waals surface area contributed by atoms with E-state index in [0.29, 0.717) is 18.0 Å². The summed E-state index contributed by atoms with van der Waals surface area (Å²) in [6, 6.07) is 5.79. The Morgan fingerprint density at radius 1 is 1.20 bits per heavy atom. The molecule has 2 heterocycles. The van der Waals surface area contributed by atoms with E-state index in [2.05, 4.69) is 10.00 Å². The molecule has 1 saturated carbocycles. The van der Waals surface area contributed by atoms with Gasteiger partial charge in [0.1, 0.15) is 0 Å². The zero-order valence-electron chi connectivity index (χ0n) is 14.5. The van der Waals surface area contributed by atoms with Crippen molar-refractivity contribution in [2.45, 2.75) is 32.2 Å². The van der Waals surface area contributed by atoms with Crippen LogP contribution in [0.2, 0.25) is 5.02 Å².